The van der Waals surface area contributed by atoms with Crippen molar-refractivity contribution in [3.8, 4) is 0 Å². The van der Waals surface area contributed by atoms with Crippen molar-refractivity contribution in [3.05, 3.63) is 23.0 Å². The van der Waals surface area contributed by atoms with Crippen LogP contribution in [0.5, 0.6) is 0 Å². The Hall–Kier alpha value is -1.11. The van der Waals surface area contributed by atoms with Crippen molar-refractivity contribution >= 4 is 32.5 Å². The lowest BCUT2D eigenvalue weighted by Gasteiger charge is -2.12. The van der Waals surface area contributed by atoms with E-state index in [1.165, 1.54) is 7.11 Å². The van der Waals surface area contributed by atoms with Crippen molar-refractivity contribution in [1.82, 2.24) is 4.98 Å². The number of hydrogen-bond acceptors (Lipinski definition) is 5. The minimum atomic E-state index is -3.57. The van der Waals surface area contributed by atoms with Gasteiger partial charge in [0.1, 0.15) is 10.4 Å². The Morgan fingerprint density at radius 2 is 2.00 bits per heavy atom. The smallest absolute Gasteiger partial charge is 0.200 e. The molecule has 1 heterocycles. The lowest BCUT2D eigenvalue weighted by Crippen LogP contribution is -2.11. The number of halogens is 1. The van der Waals surface area contributed by atoms with Crippen LogP contribution in [0.15, 0.2) is 21.4 Å². The predicted molar refractivity (Wildman–Crippen MR) is 86.3 cm³/mol. The number of ether oxygens (including phenoxy) is 1. The third-order valence-electron chi connectivity index (χ3n) is 3.18. The number of fused-ring (bicyclic) bond motifs is 1. The summed E-state index contributed by atoms with van der Waals surface area (Å²) < 4.78 is 35.8. The molecule has 0 radical (unpaired) electrons. The van der Waals surface area contributed by atoms with Crippen LogP contribution in [0.3, 0.4) is 0 Å². The molecule has 2 aromatic rings. The Bertz CT molecular complexity index is 775. The highest BCUT2D eigenvalue weighted by Gasteiger charge is 2.27. The summed E-state index contributed by atoms with van der Waals surface area (Å²) in [6.07, 6.45) is 0.395. The summed E-state index contributed by atoms with van der Waals surface area (Å²) in [6.45, 7) is 6.22. The fourth-order valence-corrected chi connectivity index (χ4v) is 4.05. The molecular weight excluding hydrogens is 326 g/mol. The summed E-state index contributed by atoms with van der Waals surface area (Å²) in [4.78, 5) is 4.40. The molecule has 0 bridgehead atoms. The van der Waals surface area contributed by atoms with Crippen molar-refractivity contribution in [2.45, 2.75) is 37.5 Å². The van der Waals surface area contributed by atoms with Crippen LogP contribution < -0.4 is 0 Å². The maximum absolute atomic E-state index is 12.6. The van der Waals surface area contributed by atoms with Crippen LogP contribution in [-0.2, 0) is 20.0 Å². The van der Waals surface area contributed by atoms with Gasteiger partial charge in [-0.05, 0) is 18.6 Å². The number of aromatic nitrogens is 1. The molecule has 0 atom stereocenters. The molecule has 0 spiro atoms. The van der Waals surface area contributed by atoms with Crippen molar-refractivity contribution in [1.29, 1.82) is 0 Å². The average Bonchev–Trinajstić information content (AvgIpc) is 2.81. The summed E-state index contributed by atoms with van der Waals surface area (Å²) in [5.74, 6) is 0.434. The summed E-state index contributed by atoms with van der Waals surface area (Å²) >= 11 is 6.13. The molecule has 0 N–H and O–H groups in total. The normalized spacial score (nSPS) is 13.0. The third kappa shape index (κ3) is 3.45. The number of rotatable bonds is 5. The first kappa shape index (κ1) is 17.2. The van der Waals surface area contributed by atoms with Gasteiger partial charge in [-0.1, -0.05) is 32.4 Å². The predicted octanol–water partition coefficient (Wildman–Crippen LogP) is 3.59. The van der Waals surface area contributed by atoms with E-state index >= 15 is 0 Å². The maximum atomic E-state index is 12.6. The van der Waals surface area contributed by atoms with Gasteiger partial charge in [-0.2, -0.15) is 0 Å². The second kappa shape index (κ2) is 6.18. The zero-order valence-electron chi connectivity index (χ0n) is 13.1. The third-order valence-corrected chi connectivity index (χ3v) is 5.46. The van der Waals surface area contributed by atoms with E-state index in [0.29, 0.717) is 24.4 Å². The molecule has 0 fully saturated rings. The molecule has 0 aliphatic rings. The van der Waals surface area contributed by atoms with Gasteiger partial charge in [0.15, 0.2) is 15.4 Å². The monoisotopic (exact) mass is 345 g/mol. The molecule has 0 aliphatic heterocycles. The minimum absolute atomic E-state index is 0.0192. The molecule has 22 heavy (non-hydrogen) atoms. The molecule has 1 aromatic heterocycles. The lowest BCUT2D eigenvalue weighted by molar-refractivity contribution is 0.199. The van der Waals surface area contributed by atoms with Gasteiger partial charge in [0.05, 0.1) is 10.8 Å². The number of oxazole rings is 1. The molecule has 7 heteroatoms. The van der Waals surface area contributed by atoms with E-state index in [1.807, 2.05) is 20.8 Å². The van der Waals surface area contributed by atoms with Crippen LogP contribution in [-0.4, -0.2) is 32.9 Å². The van der Waals surface area contributed by atoms with E-state index in [9.17, 15) is 8.42 Å². The molecule has 0 saturated heterocycles. The topological polar surface area (TPSA) is 69.4 Å². The second-order valence-corrected chi connectivity index (χ2v) is 8.61. The zero-order valence-corrected chi connectivity index (χ0v) is 14.7. The molecule has 122 valence electrons. The van der Waals surface area contributed by atoms with Crippen LogP contribution in [0.1, 0.15) is 33.1 Å². The SMILES string of the molecule is COCCCS(=O)(=O)c1c(Cl)ccc2nc(C(C)(C)C)oc12. The van der Waals surface area contributed by atoms with Gasteiger partial charge in [-0.15, -0.1) is 0 Å². The van der Waals surface area contributed by atoms with Crippen molar-refractivity contribution in [3.63, 3.8) is 0 Å². The Kier molecular flexibility index (Phi) is 4.84. The lowest BCUT2D eigenvalue weighted by atomic mass is 9.97. The van der Waals surface area contributed by atoms with Crippen LogP contribution in [0.25, 0.3) is 11.1 Å². The van der Waals surface area contributed by atoms with E-state index in [1.54, 1.807) is 12.1 Å². The van der Waals surface area contributed by atoms with E-state index in [0.717, 1.165) is 0 Å². The summed E-state index contributed by atoms with van der Waals surface area (Å²) in [6, 6.07) is 3.21. The summed E-state index contributed by atoms with van der Waals surface area (Å²) in [5, 5.41) is 0.154. The Balaban J connectivity index is 2.57. The summed E-state index contributed by atoms with van der Waals surface area (Å²) in [5.41, 5.74) is 0.414. The largest absolute Gasteiger partial charge is 0.439 e. The fraction of sp³-hybridized carbons (Fsp3) is 0.533. The first-order chi connectivity index (χ1) is 10.2. The molecule has 5 nitrogen and oxygen atoms in total. The maximum Gasteiger partial charge on any atom is 0.200 e. The highest BCUT2D eigenvalue weighted by molar-refractivity contribution is 7.91. The first-order valence-electron chi connectivity index (χ1n) is 6.98. The van der Waals surface area contributed by atoms with Gasteiger partial charge in [0, 0.05) is 19.1 Å². The van der Waals surface area contributed by atoms with Gasteiger partial charge in [-0.25, -0.2) is 13.4 Å². The second-order valence-electron chi connectivity index (χ2n) is 6.16. The van der Waals surface area contributed by atoms with Crippen molar-refractivity contribution < 1.29 is 17.6 Å². The number of methoxy groups -OCH3 is 1. The molecule has 0 saturated carbocycles. The van der Waals surface area contributed by atoms with E-state index in [4.69, 9.17) is 20.8 Å². The zero-order chi connectivity index (χ0) is 16.5. The van der Waals surface area contributed by atoms with Crippen LogP contribution in [0, 0.1) is 0 Å². The Labute approximate surface area is 135 Å². The highest BCUT2D eigenvalue weighted by atomic mass is 35.5. The Morgan fingerprint density at radius 3 is 2.59 bits per heavy atom. The van der Waals surface area contributed by atoms with Crippen molar-refractivity contribution in [2.24, 2.45) is 0 Å². The molecule has 2 rings (SSSR count). The highest BCUT2D eigenvalue weighted by Crippen LogP contribution is 2.34. The van der Waals surface area contributed by atoms with Gasteiger partial charge < -0.3 is 9.15 Å². The molecule has 1 aromatic carbocycles. The number of nitrogens with zero attached hydrogens (tertiary/aromatic N) is 1. The Morgan fingerprint density at radius 1 is 1.32 bits per heavy atom. The van der Waals surface area contributed by atoms with Gasteiger partial charge in [-0.3, -0.25) is 0 Å². The van der Waals surface area contributed by atoms with E-state index in [2.05, 4.69) is 4.98 Å². The molecule has 0 amide bonds. The minimum Gasteiger partial charge on any atom is -0.439 e. The summed E-state index contributed by atoms with van der Waals surface area (Å²) in [7, 11) is -2.03. The van der Waals surface area contributed by atoms with E-state index < -0.39 is 9.84 Å². The van der Waals surface area contributed by atoms with Crippen LogP contribution in [0.4, 0.5) is 0 Å². The van der Waals surface area contributed by atoms with Gasteiger partial charge in [0.2, 0.25) is 5.89 Å². The average molecular weight is 346 g/mol. The molecule has 0 aliphatic carbocycles. The molecule has 0 unspecified atom stereocenters. The van der Waals surface area contributed by atoms with Crippen molar-refractivity contribution in [2.75, 3.05) is 19.5 Å². The molecular formula is C15H20ClNO4S. The van der Waals surface area contributed by atoms with E-state index in [-0.39, 0.29) is 26.7 Å². The standard InChI is InChI=1S/C15H20ClNO4S/c1-15(2,3)14-17-11-7-6-10(16)13(12(11)21-14)22(18,19)9-5-8-20-4/h6-7H,5,8-9H2,1-4H3. The number of benzene rings is 1. The number of hydrogen-bond donors (Lipinski definition) is 0. The number of sulfone groups is 1. The van der Waals surface area contributed by atoms with Crippen LogP contribution >= 0.6 is 11.6 Å². The van der Waals surface area contributed by atoms with Gasteiger partial charge in [0.25, 0.3) is 0 Å². The van der Waals surface area contributed by atoms with Gasteiger partial charge >= 0.3 is 0 Å². The van der Waals surface area contributed by atoms with Crippen LogP contribution in [0.2, 0.25) is 5.02 Å². The quantitative estimate of drug-likeness (QED) is 0.774. The first-order valence-corrected chi connectivity index (χ1v) is 9.01. The fourth-order valence-electron chi connectivity index (χ4n) is 2.05.